The van der Waals surface area contributed by atoms with E-state index in [4.69, 9.17) is 14.5 Å². The normalized spacial score (nSPS) is 14.4. The van der Waals surface area contributed by atoms with E-state index in [0.717, 1.165) is 33.6 Å². The number of fused-ring (bicyclic) bond motifs is 4. The number of aryl methyl sites for hydroxylation is 2. The summed E-state index contributed by atoms with van der Waals surface area (Å²) >= 11 is 0. The minimum Gasteiger partial charge on any atom is -0.508 e. The van der Waals surface area contributed by atoms with Crippen LogP contribution in [0, 0.1) is 13.8 Å². The van der Waals surface area contributed by atoms with Gasteiger partial charge in [-0.3, -0.25) is 0 Å². The lowest BCUT2D eigenvalue weighted by atomic mass is 9.84. The van der Waals surface area contributed by atoms with Crippen molar-refractivity contribution in [3.63, 3.8) is 0 Å². The van der Waals surface area contributed by atoms with E-state index in [1.54, 1.807) is 23.0 Å². The first-order chi connectivity index (χ1) is 16.6. The quantitative estimate of drug-likeness (QED) is 0.392. The molecule has 0 spiro atoms. The van der Waals surface area contributed by atoms with Crippen LogP contribution < -0.4 is 9.47 Å². The number of hydrogen-bond acceptors (Lipinski definition) is 6. The first-order valence-electron chi connectivity index (χ1n) is 11.1. The molecule has 0 bridgehead atoms. The Kier molecular flexibility index (Phi) is 4.69. The smallest absolute Gasteiger partial charge is 0.228 e. The summed E-state index contributed by atoms with van der Waals surface area (Å²) in [5.41, 5.74) is 5.64. The lowest BCUT2D eigenvalue weighted by Gasteiger charge is -2.27. The van der Waals surface area contributed by atoms with Crippen molar-refractivity contribution >= 4 is 5.65 Å². The second kappa shape index (κ2) is 7.88. The van der Waals surface area contributed by atoms with Gasteiger partial charge in [0.15, 0.2) is 11.5 Å². The van der Waals surface area contributed by atoms with Crippen LogP contribution in [-0.4, -0.2) is 24.7 Å². The molecule has 7 heteroatoms. The molecule has 0 fully saturated rings. The average Bonchev–Trinajstić information content (AvgIpc) is 3.26. The summed E-state index contributed by atoms with van der Waals surface area (Å²) in [7, 11) is 0. The van der Waals surface area contributed by atoms with E-state index in [2.05, 4.69) is 22.2 Å². The molecule has 2 aromatic heterocycles. The molecule has 0 saturated heterocycles. The molecule has 34 heavy (non-hydrogen) atoms. The van der Waals surface area contributed by atoms with Crippen molar-refractivity contribution in [2.75, 3.05) is 0 Å². The van der Waals surface area contributed by atoms with Crippen LogP contribution in [0.1, 0.15) is 39.6 Å². The van der Waals surface area contributed by atoms with E-state index >= 15 is 0 Å². The summed E-state index contributed by atoms with van der Waals surface area (Å²) in [6.07, 6.45) is 1.60. The number of benzene rings is 3. The van der Waals surface area contributed by atoms with Gasteiger partial charge >= 0.3 is 0 Å². The van der Waals surface area contributed by atoms with Gasteiger partial charge in [-0.05, 0) is 36.6 Å². The predicted octanol–water partition coefficient (Wildman–Crippen LogP) is 5.31. The van der Waals surface area contributed by atoms with E-state index in [1.807, 2.05) is 56.3 Å². The van der Waals surface area contributed by atoms with Crippen molar-refractivity contribution in [3.05, 3.63) is 107 Å². The Morgan fingerprint density at radius 1 is 1.00 bits per heavy atom. The van der Waals surface area contributed by atoms with Gasteiger partial charge in [0, 0.05) is 17.5 Å². The summed E-state index contributed by atoms with van der Waals surface area (Å²) < 4.78 is 13.9. The van der Waals surface area contributed by atoms with Crippen LogP contribution in [0.4, 0.5) is 0 Å². The second-order valence-corrected chi connectivity index (χ2v) is 8.44. The molecule has 1 unspecified atom stereocenters. The van der Waals surface area contributed by atoms with Gasteiger partial charge in [0.1, 0.15) is 30.2 Å². The topological polar surface area (TPSA) is 81.8 Å². The highest BCUT2D eigenvalue weighted by atomic mass is 16.5. The standard InChI is InChI=1S/C27H22N4O3/c1-16-7-6-8-17(2)25(16)33-14-22-29-26-24-23(18-9-4-3-5-10-18)20-12-11-19(32)13-21(20)34-27(24)28-15-31(26)30-22/h3-13,15,23,32H,14H2,1-2H3. The monoisotopic (exact) mass is 450 g/mol. The molecular weight excluding hydrogens is 428 g/mol. The van der Waals surface area contributed by atoms with Gasteiger partial charge in [0.25, 0.3) is 0 Å². The Balaban J connectivity index is 1.46. The number of aromatic nitrogens is 4. The minimum atomic E-state index is -0.173. The lowest BCUT2D eigenvalue weighted by molar-refractivity contribution is 0.292. The van der Waals surface area contributed by atoms with Crippen LogP contribution in [0.15, 0.2) is 73.1 Å². The maximum atomic E-state index is 10.0. The van der Waals surface area contributed by atoms with Gasteiger partial charge in [-0.2, -0.15) is 0 Å². The second-order valence-electron chi connectivity index (χ2n) is 8.44. The number of phenols is 1. The zero-order valence-corrected chi connectivity index (χ0v) is 18.8. The first kappa shape index (κ1) is 20.2. The number of ether oxygens (including phenoxy) is 2. The molecule has 3 aromatic carbocycles. The number of nitrogens with zero attached hydrogens (tertiary/aromatic N) is 4. The molecule has 1 aliphatic rings. The maximum absolute atomic E-state index is 10.0. The summed E-state index contributed by atoms with van der Waals surface area (Å²) in [5, 5.41) is 14.6. The van der Waals surface area contributed by atoms with Gasteiger partial charge in [0.05, 0.1) is 5.56 Å². The van der Waals surface area contributed by atoms with Crippen LogP contribution in [-0.2, 0) is 6.61 Å². The predicted molar refractivity (Wildman–Crippen MR) is 127 cm³/mol. The number of rotatable bonds is 4. The van der Waals surface area contributed by atoms with Crippen molar-refractivity contribution in [2.24, 2.45) is 0 Å². The molecule has 1 aliphatic heterocycles. The Labute approximate surface area is 196 Å². The summed E-state index contributed by atoms with van der Waals surface area (Å²) in [6.45, 7) is 4.29. The number of hydrogen-bond donors (Lipinski definition) is 1. The molecule has 0 aliphatic carbocycles. The van der Waals surface area contributed by atoms with Crippen LogP contribution >= 0.6 is 0 Å². The van der Waals surface area contributed by atoms with Crippen molar-refractivity contribution in [1.29, 1.82) is 0 Å². The Morgan fingerprint density at radius 2 is 1.79 bits per heavy atom. The van der Waals surface area contributed by atoms with Crippen LogP contribution in [0.2, 0.25) is 0 Å². The highest BCUT2D eigenvalue weighted by Gasteiger charge is 2.33. The summed E-state index contributed by atoms with van der Waals surface area (Å²) in [6, 6.07) is 21.4. The van der Waals surface area contributed by atoms with Crippen molar-refractivity contribution < 1.29 is 14.6 Å². The van der Waals surface area contributed by atoms with E-state index < -0.39 is 0 Å². The third kappa shape index (κ3) is 3.33. The molecule has 1 atom stereocenters. The van der Waals surface area contributed by atoms with E-state index in [9.17, 15) is 5.11 Å². The maximum Gasteiger partial charge on any atom is 0.228 e. The van der Waals surface area contributed by atoms with Gasteiger partial charge in [0.2, 0.25) is 5.88 Å². The average molecular weight is 450 g/mol. The first-order valence-corrected chi connectivity index (χ1v) is 11.1. The molecule has 0 amide bonds. The van der Waals surface area contributed by atoms with Crippen molar-refractivity contribution in [1.82, 2.24) is 19.6 Å². The fraction of sp³-hybridized carbons (Fsp3) is 0.148. The number of aromatic hydroxyl groups is 1. The minimum absolute atomic E-state index is 0.142. The zero-order chi connectivity index (χ0) is 23.2. The summed E-state index contributed by atoms with van der Waals surface area (Å²) in [5.74, 6) is 2.41. The molecule has 3 heterocycles. The molecule has 1 N–H and O–H groups in total. The number of phenolic OH excluding ortho intramolecular Hbond substituents is 1. The van der Waals surface area contributed by atoms with Crippen molar-refractivity contribution in [2.45, 2.75) is 26.4 Å². The largest absolute Gasteiger partial charge is 0.508 e. The third-order valence-corrected chi connectivity index (χ3v) is 6.12. The van der Waals surface area contributed by atoms with Gasteiger partial charge < -0.3 is 14.6 Å². The molecule has 5 aromatic rings. The lowest BCUT2D eigenvalue weighted by Crippen LogP contribution is -2.14. The van der Waals surface area contributed by atoms with E-state index in [1.165, 1.54) is 0 Å². The van der Waals surface area contributed by atoms with Gasteiger partial charge in [-0.15, -0.1) is 5.10 Å². The zero-order valence-electron chi connectivity index (χ0n) is 18.8. The SMILES string of the molecule is Cc1cccc(C)c1OCc1nc2c3c(ncn2n1)Oc1cc(O)ccc1C3c1ccccc1. The molecule has 6 rings (SSSR count). The fourth-order valence-electron chi connectivity index (χ4n) is 4.56. The molecule has 7 nitrogen and oxygen atoms in total. The highest BCUT2D eigenvalue weighted by Crippen LogP contribution is 2.48. The Bertz CT molecular complexity index is 1510. The highest BCUT2D eigenvalue weighted by molar-refractivity contribution is 5.66. The van der Waals surface area contributed by atoms with Gasteiger partial charge in [-0.25, -0.2) is 14.5 Å². The Morgan fingerprint density at radius 3 is 2.59 bits per heavy atom. The van der Waals surface area contributed by atoms with Crippen LogP contribution in [0.3, 0.4) is 0 Å². The van der Waals surface area contributed by atoms with Crippen LogP contribution in [0.25, 0.3) is 5.65 Å². The fourth-order valence-corrected chi connectivity index (χ4v) is 4.56. The van der Waals surface area contributed by atoms with Crippen LogP contribution in [0.5, 0.6) is 23.1 Å². The van der Waals surface area contributed by atoms with E-state index in [0.29, 0.717) is 23.1 Å². The molecule has 0 radical (unpaired) electrons. The Hall–Kier alpha value is -4.39. The number of para-hydroxylation sites is 1. The molecule has 168 valence electrons. The van der Waals surface area contributed by atoms with E-state index in [-0.39, 0.29) is 18.3 Å². The summed E-state index contributed by atoms with van der Waals surface area (Å²) in [4.78, 5) is 9.35. The third-order valence-electron chi connectivity index (χ3n) is 6.12. The van der Waals surface area contributed by atoms with Gasteiger partial charge in [-0.1, -0.05) is 54.6 Å². The molecular formula is C27H22N4O3. The van der Waals surface area contributed by atoms with Crippen molar-refractivity contribution in [3.8, 4) is 23.1 Å². The molecule has 0 saturated carbocycles.